The van der Waals surface area contributed by atoms with Gasteiger partial charge < -0.3 is 11.1 Å². The summed E-state index contributed by atoms with van der Waals surface area (Å²) in [4.78, 5) is 4.26. The average molecular weight is 307 g/mol. The molecule has 1 aromatic heterocycles. The van der Waals surface area contributed by atoms with Crippen LogP contribution in [0, 0.1) is 0 Å². The van der Waals surface area contributed by atoms with Crippen LogP contribution in [0.15, 0.2) is 16.7 Å². The van der Waals surface area contributed by atoms with Crippen molar-refractivity contribution in [1.82, 2.24) is 4.98 Å². The van der Waals surface area contributed by atoms with E-state index in [-0.39, 0.29) is 5.54 Å². The molecule has 0 aliphatic carbocycles. The van der Waals surface area contributed by atoms with Crippen LogP contribution in [0.2, 0.25) is 5.02 Å². The highest BCUT2D eigenvalue weighted by atomic mass is 79.9. The van der Waals surface area contributed by atoms with Crippen molar-refractivity contribution in [2.24, 2.45) is 5.73 Å². The van der Waals surface area contributed by atoms with Crippen LogP contribution >= 0.6 is 27.5 Å². The van der Waals surface area contributed by atoms with Crippen LogP contribution in [0.3, 0.4) is 0 Å². The van der Waals surface area contributed by atoms with Crippen molar-refractivity contribution in [3.63, 3.8) is 0 Å². The monoisotopic (exact) mass is 305 g/mol. The van der Waals surface area contributed by atoms with E-state index in [0.717, 1.165) is 23.1 Å². The van der Waals surface area contributed by atoms with Crippen LogP contribution in [-0.4, -0.2) is 17.1 Å². The highest BCUT2D eigenvalue weighted by molar-refractivity contribution is 9.10. The maximum atomic E-state index is 5.84. The SMILES string of the molecule is CCC(CC)(CN)Nc1ncc(Cl)cc1Br. The molecule has 1 rings (SSSR count). The minimum atomic E-state index is -0.0939. The van der Waals surface area contributed by atoms with Crippen LogP contribution in [0.4, 0.5) is 5.82 Å². The molecule has 0 aliphatic heterocycles. The van der Waals surface area contributed by atoms with E-state index in [1.807, 2.05) is 6.07 Å². The zero-order valence-electron chi connectivity index (χ0n) is 9.56. The lowest BCUT2D eigenvalue weighted by Gasteiger charge is -2.32. The standard InChI is InChI=1S/C11H17BrClN3/c1-3-11(4-2,7-14)16-10-9(12)5-8(13)6-15-10/h5-6H,3-4,7,14H2,1-2H3,(H,15,16). The summed E-state index contributed by atoms with van der Waals surface area (Å²) in [6.45, 7) is 4.82. The molecule has 1 heterocycles. The van der Waals surface area contributed by atoms with Gasteiger partial charge in [0.25, 0.3) is 0 Å². The van der Waals surface area contributed by atoms with Crippen molar-refractivity contribution in [3.8, 4) is 0 Å². The topological polar surface area (TPSA) is 50.9 Å². The number of nitrogens with zero attached hydrogens (tertiary/aromatic N) is 1. The first-order valence-corrected chi connectivity index (χ1v) is 6.53. The van der Waals surface area contributed by atoms with Gasteiger partial charge in [-0.05, 0) is 34.8 Å². The molecule has 3 N–H and O–H groups in total. The normalized spacial score (nSPS) is 11.6. The number of hydrogen-bond acceptors (Lipinski definition) is 3. The summed E-state index contributed by atoms with van der Waals surface area (Å²) in [5.74, 6) is 0.790. The molecule has 0 radical (unpaired) electrons. The van der Waals surface area contributed by atoms with Crippen LogP contribution in [0.1, 0.15) is 26.7 Å². The maximum Gasteiger partial charge on any atom is 0.140 e. The predicted octanol–water partition coefficient (Wildman–Crippen LogP) is 3.43. The number of hydrogen-bond donors (Lipinski definition) is 2. The Morgan fingerprint density at radius 3 is 2.56 bits per heavy atom. The zero-order chi connectivity index (χ0) is 12.2. The molecule has 0 spiro atoms. The fourth-order valence-electron chi connectivity index (χ4n) is 1.52. The number of rotatable bonds is 5. The average Bonchev–Trinajstić information content (AvgIpc) is 2.29. The first-order valence-electron chi connectivity index (χ1n) is 5.36. The molecular weight excluding hydrogens is 289 g/mol. The first kappa shape index (κ1) is 13.7. The summed E-state index contributed by atoms with van der Waals surface area (Å²) in [5, 5.41) is 4.01. The molecule has 0 atom stereocenters. The van der Waals surface area contributed by atoms with Gasteiger partial charge in [-0.2, -0.15) is 0 Å². The Kier molecular flexibility index (Phi) is 5.02. The largest absolute Gasteiger partial charge is 0.362 e. The van der Waals surface area contributed by atoms with E-state index in [1.54, 1.807) is 6.20 Å². The molecule has 0 saturated carbocycles. The van der Waals surface area contributed by atoms with Crippen molar-refractivity contribution in [2.45, 2.75) is 32.2 Å². The third-order valence-electron chi connectivity index (χ3n) is 2.94. The predicted molar refractivity (Wildman–Crippen MR) is 72.9 cm³/mol. The number of aromatic nitrogens is 1. The molecular formula is C11H17BrClN3. The van der Waals surface area contributed by atoms with Gasteiger partial charge in [0, 0.05) is 12.7 Å². The fraction of sp³-hybridized carbons (Fsp3) is 0.545. The van der Waals surface area contributed by atoms with Crippen molar-refractivity contribution in [1.29, 1.82) is 0 Å². The Hall–Kier alpha value is -0.320. The number of halogens is 2. The Labute approximate surface area is 110 Å². The molecule has 0 aromatic carbocycles. The molecule has 0 bridgehead atoms. The smallest absolute Gasteiger partial charge is 0.140 e. The van der Waals surface area contributed by atoms with Crippen molar-refractivity contribution in [2.75, 3.05) is 11.9 Å². The minimum Gasteiger partial charge on any atom is -0.362 e. The van der Waals surface area contributed by atoms with E-state index in [4.69, 9.17) is 17.3 Å². The number of anilines is 1. The maximum absolute atomic E-state index is 5.84. The minimum absolute atomic E-state index is 0.0939. The molecule has 0 unspecified atom stereocenters. The second kappa shape index (κ2) is 5.84. The van der Waals surface area contributed by atoms with Gasteiger partial charge in [0.1, 0.15) is 5.82 Å². The summed E-state index contributed by atoms with van der Waals surface area (Å²) in [6, 6.07) is 1.82. The summed E-state index contributed by atoms with van der Waals surface area (Å²) in [5.41, 5.74) is 5.73. The lowest BCUT2D eigenvalue weighted by molar-refractivity contribution is 0.443. The van der Waals surface area contributed by atoms with E-state index in [0.29, 0.717) is 11.6 Å². The zero-order valence-corrected chi connectivity index (χ0v) is 11.9. The molecule has 1 aromatic rings. The van der Waals surface area contributed by atoms with Gasteiger partial charge >= 0.3 is 0 Å². The molecule has 0 saturated heterocycles. The first-order chi connectivity index (χ1) is 7.56. The molecule has 5 heteroatoms. The Morgan fingerprint density at radius 2 is 2.12 bits per heavy atom. The van der Waals surface area contributed by atoms with Crippen LogP contribution in [-0.2, 0) is 0 Å². The number of nitrogens with two attached hydrogens (primary N) is 1. The van der Waals surface area contributed by atoms with Crippen LogP contribution in [0.5, 0.6) is 0 Å². The van der Waals surface area contributed by atoms with Gasteiger partial charge in [-0.25, -0.2) is 4.98 Å². The second-order valence-electron chi connectivity index (χ2n) is 3.80. The lowest BCUT2D eigenvalue weighted by atomic mass is 9.93. The second-order valence-corrected chi connectivity index (χ2v) is 5.09. The van der Waals surface area contributed by atoms with E-state index >= 15 is 0 Å². The van der Waals surface area contributed by atoms with Gasteiger partial charge in [0.05, 0.1) is 15.0 Å². The van der Waals surface area contributed by atoms with E-state index in [2.05, 4.69) is 40.1 Å². The number of pyridine rings is 1. The van der Waals surface area contributed by atoms with E-state index < -0.39 is 0 Å². The summed E-state index contributed by atoms with van der Waals surface area (Å²) in [7, 11) is 0. The highest BCUT2D eigenvalue weighted by Gasteiger charge is 2.25. The number of nitrogens with one attached hydrogen (secondary N) is 1. The molecule has 0 aliphatic rings. The summed E-state index contributed by atoms with van der Waals surface area (Å²) < 4.78 is 0.861. The summed E-state index contributed by atoms with van der Waals surface area (Å²) >= 11 is 9.28. The lowest BCUT2D eigenvalue weighted by Crippen LogP contribution is -2.44. The molecule has 0 fully saturated rings. The fourth-order valence-corrected chi connectivity index (χ4v) is 2.26. The third-order valence-corrected chi connectivity index (χ3v) is 3.75. The van der Waals surface area contributed by atoms with E-state index in [1.165, 1.54) is 0 Å². The van der Waals surface area contributed by atoms with Crippen molar-refractivity contribution in [3.05, 3.63) is 21.8 Å². The molecule has 0 amide bonds. The Morgan fingerprint density at radius 1 is 1.50 bits per heavy atom. The van der Waals surface area contributed by atoms with Gasteiger partial charge in [-0.1, -0.05) is 25.4 Å². The van der Waals surface area contributed by atoms with Gasteiger partial charge in [0.15, 0.2) is 0 Å². The third kappa shape index (κ3) is 3.09. The Balaban J connectivity index is 2.93. The molecule has 16 heavy (non-hydrogen) atoms. The van der Waals surface area contributed by atoms with E-state index in [9.17, 15) is 0 Å². The van der Waals surface area contributed by atoms with Crippen LogP contribution in [0.25, 0.3) is 0 Å². The van der Waals surface area contributed by atoms with Crippen molar-refractivity contribution >= 4 is 33.3 Å². The molecule has 90 valence electrons. The highest BCUT2D eigenvalue weighted by Crippen LogP contribution is 2.27. The molecule has 3 nitrogen and oxygen atoms in total. The summed E-state index contributed by atoms with van der Waals surface area (Å²) in [6.07, 6.45) is 3.54. The van der Waals surface area contributed by atoms with Crippen molar-refractivity contribution < 1.29 is 0 Å². The van der Waals surface area contributed by atoms with Gasteiger partial charge in [0.2, 0.25) is 0 Å². The van der Waals surface area contributed by atoms with Gasteiger partial charge in [-0.15, -0.1) is 0 Å². The van der Waals surface area contributed by atoms with Crippen LogP contribution < -0.4 is 11.1 Å². The quantitative estimate of drug-likeness (QED) is 0.876. The van der Waals surface area contributed by atoms with Gasteiger partial charge in [-0.3, -0.25) is 0 Å². The Bertz CT molecular complexity index is 345.